The minimum atomic E-state index is -0.789. The summed E-state index contributed by atoms with van der Waals surface area (Å²) in [5.41, 5.74) is 9.70. The normalized spacial score (nSPS) is 24.5. The van der Waals surface area contributed by atoms with Crippen LogP contribution >= 0.6 is 11.6 Å². The van der Waals surface area contributed by atoms with Gasteiger partial charge in [-0.15, -0.1) is 0 Å². The fourth-order valence-corrected chi connectivity index (χ4v) is 5.58. The highest BCUT2D eigenvalue weighted by atomic mass is 35.5. The number of amides is 1. The van der Waals surface area contributed by atoms with Gasteiger partial charge in [0, 0.05) is 48.5 Å². The molecule has 1 aliphatic carbocycles. The van der Waals surface area contributed by atoms with Crippen molar-refractivity contribution in [2.24, 2.45) is 10.7 Å². The Bertz CT molecular complexity index is 1060. The van der Waals surface area contributed by atoms with Gasteiger partial charge in [0.2, 0.25) is 5.91 Å². The molecule has 0 spiro atoms. The molecule has 174 valence electrons. The maximum absolute atomic E-state index is 13.2. The van der Waals surface area contributed by atoms with E-state index in [0.29, 0.717) is 30.6 Å². The average Bonchev–Trinajstić information content (AvgIpc) is 2.75. The van der Waals surface area contributed by atoms with Crippen LogP contribution < -0.4 is 5.73 Å². The summed E-state index contributed by atoms with van der Waals surface area (Å²) in [5.74, 6) is 0.894. The molecule has 1 saturated heterocycles. The number of benzene rings is 1. The number of rotatable bonds is 5. The van der Waals surface area contributed by atoms with E-state index in [1.54, 1.807) is 4.90 Å². The Morgan fingerprint density at radius 1 is 1.18 bits per heavy atom. The number of nitrogens with zero attached hydrogens (tertiary/aromatic N) is 3. The molecule has 1 aromatic heterocycles. The molecule has 1 aromatic carbocycles. The summed E-state index contributed by atoms with van der Waals surface area (Å²) in [6.45, 7) is 3.23. The van der Waals surface area contributed by atoms with Crippen molar-refractivity contribution in [2.75, 3.05) is 13.2 Å². The summed E-state index contributed by atoms with van der Waals surface area (Å²) in [6, 6.07) is 10.3. The summed E-state index contributed by atoms with van der Waals surface area (Å²) < 4.78 is 5.44. The van der Waals surface area contributed by atoms with Gasteiger partial charge >= 0.3 is 0 Å². The number of ether oxygens (including phenoxy) is 1. The molecule has 2 fully saturated rings. The molecule has 1 amide bonds. The van der Waals surface area contributed by atoms with E-state index in [1.807, 2.05) is 31.3 Å². The summed E-state index contributed by atoms with van der Waals surface area (Å²) in [4.78, 5) is 24.3. The average molecular weight is 467 g/mol. The molecule has 6 nitrogen and oxygen atoms in total. The molecule has 2 N–H and O–H groups in total. The number of carbonyl (C=O) groups excluding carboxylic acids is 1. The molecule has 2 aliphatic heterocycles. The van der Waals surface area contributed by atoms with Crippen LogP contribution in [0.3, 0.4) is 0 Å². The van der Waals surface area contributed by atoms with Crippen LogP contribution in [0.4, 0.5) is 0 Å². The predicted octanol–water partition coefficient (Wildman–Crippen LogP) is 4.53. The van der Waals surface area contributed by atoms with Crippen LogP contribution in [0.5, 0.6) is 0 Å². The number of aliphatic imine (C=N–C) groups is 1. The Labute approximate surface area is 200 Å². The zero-order valence-corrected chi connectivity index (χ0v) is 19.9. The van der Waals surface area contributed by atoms with E-state index in [2.05, 4.69) is 17.1 Å². The molecule has 7 heteroatoms. The third-order valence-corrected chi connectivity index (χ3v) is 7.80. The molecule has 1 atom stereocenters. The molecule has 5 rings (SSSR count). The van der Waals surface area contributed by atoms with Crippen LogP contribution in [0.1, 0.15) is 73.8 Å². The van der Waals surface area contributed by atoms with Crippen molar-refractivity contribution >= 4 is 23.5 Å². The number of guanidine groups is 1. The summed E-state index contributed by atoms with van der Waals surface area (Å²) >= 11 is 6.90. The third-order valence-electron chi connectivity index (χ3n) is 7.35. The van der Waals surface area contributed by atoms with Gasteiger partial charge in [-0.2, -0.15) is 0 Å². The Kier molecular flexibility index (Phi) is 6.14. The minimum absolute atomic E-state index is 0.00541. The van der Waals surface area contributed by atoms with Crippen LogP contribution in [0.2, 0.25) is 5.02 Å². The predicted molar refractivity (Wildman–Crippen MR) is 129 cm³/mol. The third kappa shape index (κ3) is 4.38. The van der Waals surface area contributed by atoms with Gasteiger partial charge in [-0.05, 0) is 55.4 Å². The van der Waals surface area contributed by atoms with E-state index in [1.165, 1.54) is 25.0 Å². The van der Waals surface area contributed by atoms with Gasteiger partial charge in [0.05, 0.1) is 12.0 Å². The summed E-state index contributed by atoms with van der Waals surface area (Å²) in [6.07, 6.45) is 8.24. The lowest BCUT2D eigenvalue weighted by atomic mass is 9.82. The minimum Gasteiger partial charge on any atom is -0.381 e. The van der Waals surface area contributed by atoms with Crippen LogP contribution in [-0.4, -0.2) is 41.0 Å². The molecule has 33 heavy (non-hydrogen) atoms. The number of pyridine rings is 1. The van der Waals surface area contributed by atoms with E-state index >= 15 is 0 Å². The Hall–Kier alpha value is -2.44. The van der Waals surface area contributed by atoms with Gasteiger partial charge in [0.15, 0.2) is 5.96 Å². The first kappa shape index (κ1) is 22.4. The fourth-order valence-electron chi connectivity index (χ4n) is 5.18. The monoisotopic (exact) mass is 466 g/mol. The van der Waals surface area contributed by atoms with Crippen LogP contribution in [0, 0.1) is 0 Å². The van der Waals surface area contributed by atoms with Crippen molar-refractivity contribution in [2.45, 2.75) is 69.4 Å². The highest BCUT2D eigenvalue weighted by Gasteiger charge is 2.41. The van der Waals surface area contributed by atoms with Gasteiger partial charge in [-0.1, -0.05) is 42.3 Å². The Morgan fingerprint density at radius 2 is 1.97 bits per heavy atom. The van der Waals surface area contributed by atoms with Crippen molar-refractivity contribution < 1.29 is 9.53 Å². The lowest BCUT2D eigenvalue weighted by Crippen LogP contribution is -2.55. The summed E-state index contributed by atoms with van der Waals surface area (Å²) in [7, 11) is 0. The van der Waals surface area contributed by atoms with Crippen molar-refractivity contribution in [1.29, 1.82) is 0 Å². The van der Waals surface area contributed by atoms with Crippen LogP contribution in [-0.2, 0) is 21.5 Å². The van der Waals surface area contributed by atoms with Gasteiger partial charge in [0.25, 0.3) is 0 Å². The molecule has 1 saturated carbocycles. The number of hydrogen-bond acceptors (Lipinski definition) is 5. The zero-order valence-electron chi connectivity index (χ0n) is 19.1. The number of nitrogens with two attached hydrogens (primary N) is 1. The van der Waals surface area contributed by atoms with Crippen molar-refractivity contribution in [3.8, 4) is 0 Å². The number of aromatic nitrogens is 1. The van der Waals surface area contributed by atoms with E-state index in [9.17, 15) is 4.79 Å². The first-order chi connectivity index (χ1) is 15.9. The maximum Gasteiger partial charge on any atom is 0.232 e. The molecular formula is C26H31ClN4O2. The number of halogens is 1. The second-order valence-electron chi connectivity index (χ2n) is 9.70. The standard InChI is InChI=1S/C26H31ClN4O2/c1-26(15-23(32)31(25(28)30-26)20-10-12-33-13-11-20)21-7-3-6-19(24(21)27)14-17-8-9-22(29-16-17)18-4-2-5-18/h3,6-9,16,18,20H,2,4-5,10-15H2,1H3,(H2,28,30)/t26-/m0/s1. The maximum atomic E-state index is 13.2. The SMILES string of the molecule is C[C@@]1(c2cccc(Cc3ccc(C4CCC4)nc3)c2Cl)CC(=O)N(C2CCOCC2)C(N)=N1. The van der Waals surface area contributed by atoms with Crippen LogP contribution in [0.25, 0.3) is 0 Å². The Morgan fingerprint density at radius 3 is 2.61 bits per heavy atom. The van der Waals surface area contributed by atoms with Crippen LogP contribution in [0.15, 0.2) is 41.5 Å². The molecule has 3 aliphatic rings. The van der Waals surface area contributed by atoms with Crippen molar-refractivity contribution in [3.63, 3.8) is 0 Å². The second-order valence-corrected chi connectivity index (χ2v) is 10.1. The number of carbonyl (C=O) groups is 1. The number of hydrogen-bond donors (Lipinski definition) is 1. The van der Waals surface area contributed by atoms with Gasteiger partial charge in [-0.25, -0.2) is 4.99 Å². The highest BCUT2D eigenvalue weighted by Crippen LogP contribution is 2.40. The summed E-state index contributed by atoms with van der Waals surface area (Å²) in [5, 5.41) is 0.645. The van der Waals surface area contributed by atoms with E-state index in [0.717, 1.165) is 29.5 Å². The van der Waals surface area contributed by atoms with Gasteiger partial charge < -0.3 is 10.5 Å². The lowest BCUT2D eigenvalue weighted by Gasteiger charge is -2.40. The van der Waals surface area contributed by atoms with Crippen molar-refractivity contribution in [3.05, 3.63) is 63.9 Å². The highest BCUT2D eigenvalue weighted by molar-refractivity contribution is 6.32. The van der Waals surface area contributed by atoms with E-state index in [4.69, 9.17) is 27.1 Å². The Balaban J connectivity index is 1.38. The van der Waals surface area contributed by atoms with Gasteiger partial charge in [0.1, 0.15) is 0 Å². The quantitative estimate of drug-likeness (QED) is 0.701. The van der Waals surface area contributed by atoms with Gasteiger partial charge in [-0.3, -0.25) is 14.7 Å². The molecule has 0 radical (unpaired) electrons. The lowest BCUT2D eigenvalue weighted by molar-refractivity contribution is -0.132. The topological polar surface area (TPSA) is 80.8 Å². The van der Waals surface area contributed by atoms with Crippen molar-refractivity contribution in [1.82, 2.24) is 9.88 Å². The first-order valence-corrected chi connectivity index (χ1v) is 12.3. The zero-order chi connectivity index (χ0) is 23.0. The fraction of sp³-hybridized carbons (Fsp3) is 0.500. The molecular weight excluding hydrogens is 436 g/mol. The smallest absolute Gasteiger partial charge is 0.232 e. The van der Waals surface area contributed by atoms with E-state index < -0.39 is 5.54 Å². The molecule has 0 unspecified atom stereocenters. The molecule has 3 heterocycles. The van der Waals surface area contributed by atoms with E-state index in [-0.39, 0.29) is 24.3 Å². The first-order valence-electron chi connectivity index (χ1n) is 11.9. The molecule has 0 bridgehead atoms. The molecule has 2 aromatic rings. The second kappa shape index (κ2) is 9.07. The largest absolute Gasteiger partial charge is 0.381 e.